The molecule has 0 aliphatic carbocycles. The number of imidazole rings is 1. The van der Waals surface area contributed by atoms with Crippen LogP contribution in [0.15, 0.2) is 36.9 Å². The molecule has 0 bridgehead atoms. The maximum absolute atomic E-state index is 5.80. The fraction of sp³-hybridized carbons (Fsp3) is 0.350. The van der Waals surface area contributed by atoms with Gasteiger partial charge >= 0.3 is 0 Å². The van der Waals surface area contributed by atoms with Crippen molar-refractivity contribution in [3.8, 4) is 17.2 Å². The number of hydrogen-bond acceptors (Lipinski definition) is 8. The van der Waals surface area contributed by atoms with E-state index in [-0.39, 0.29) is 6.04 Å². The molecule has 4 heterocycles. The molecule has 1 unspecified atom stereocenters. The van der Waals surface area contributed by atoms with Crippen molar-refractivity contribution in [3.05, 3.63) is 42.6 Å². The van der Waals surface area contributed by atoms with Crippen LogP contribution in [0.25, 0.3) is 5.69 Å². The van der Waals surface area contributed by atoms with Gasteiger partial charge in [0.05, 0.1) is 50.3 Å². The molecule has 1 atom stereocenters. The van der Waals surface area contributed by atoms with Gasteiger partial charge in [-0.2, -0.15) is 4.98 Å². The van der Waals surface area contributed by atoms with E-state index < -0.39 is 0 Å². The van der Waals surface area contributed by atoms with Crippen LogP contribution in [0.5, 0.6) is 11.5 Å². The molecule has 5 rings (SSSR count). The van der Waals surface area contributed by atoms with Crippen molar-refractivity contribution in [1.82, 2.24) is 19.5 Å². The molecule has 1 fully saturated rings. The summed E-state index contributed by atoms with van der Waals surface area (Å²) in [6.45, 7) is 4.68. The summed E-state index contributed by atoms with van der Waals surface area (Å²) in [5.74, 6) is 2.74. The Bertz CT molecular complexity index is 1040. The molecule has 0 saturated carbocycles. The first kappa shape index (κ1) is 17.7. The summed E-state index contributed by atoms with van der Waals surface area (Å²) < 4.78 is 18.9. The van der Waals surface area contributed by atoms with Crippen LogP contribution in [0, 0.1) is 6.92 Å². The van der Waals surface area contributed by atoms with Crippen molar-refractivity contribution < 1.29 is 14.2 Å². The highest BCUT2D eigenvalue weighted by molar-refractivity contribution is 5.64. The van der Waals surface area contributed by atoms with Crippen molar-refractivity contribution in [2.24, 2.45) is 0 Å². The molecule has 29 heavy (non-hydrogen) atoms. The molecule has 2 aliphatic rings. The van der Waals surface area contributed by atoms with E-state index in [1.807, 2.05) is 35.9 Å². The third-order valence-electron chi connectivity index (χ3n) is 5.09. The van der Waals surface area contributed by atoms with Crippen LogP contribution in [0.4, 0.5) is 17.5 Å². The van der Waals surface area contributed by atoms with Gasteiger partial charge in [0.25, 0.3) is 0 Å². The zero-order chi connectivity index (χ0) is 19.8. The second-order valence-electron chi connectivity index (χ2n) is 7.05. The van der Waals surface area contributed by atoms with Gasteiger partial charge in [0.15, 0.2) is 11.6 Å². The smallest absolute Gasteiger partial charge is 0.229 e. The molecule has 1 aromatic carbocycles. The number of aromatic nitrogens is 4. The van der Waals surface area contributed by atoms with Crippen molar-refractivity contribution in [1.29, 1.82) is 0 Å². The van der Waals surface area contributed by atoms with Crippen LogP contribution < -0.4 is 19.7 Å². The van der Waals surface area contributed by atoms with Gasteiger partial charge in [-0.15, -0.1) is 0 Å². The monoisotopic (exact) mass is 394 g/mol. The highest BCUT2D eigenvalue weighted by Gasteiger charge is 2.32. The number of nitrogens with one attached hydrogen (secondary N) is 1. The van der Waals surface area contributed by atoms with E-state index in [1.54, 1.807) is 19.6 Å². The van der Waals surface area contributed by atoms with E-state index in [4.69, 9.17) is 19.2 Å². The second kappa shape index (κ2) is 7.25. The maximum Gasteiger partial charge on any atom is 0.229 e. The van der Waals surface area contributed by atoms with E-state index in [2.05, 4.69) is 20.2 Å². The standard InChI is InChI=1S/C20H22N6O3/c1-13-9-25(12-22-13)16-4-3-14(7-17(16)27-2)23-20-21-8-18-19(24-20)26-5-6-28-10-15(26)11-29-18/h3-4,7-9,12,15H,5-6,10-11H2,1-2H3,(H,21,23,24). The Morgan fingerprint density at radius 2 is 2.17 bits per heavy atom. The molecule has 150 valence electrons. The van der Waals surface area contributed by atoms with Crippen LogP contribution >= 0.6 is 0 Å². The predicted octanol–water partition coefficient (Wildman–Crippen LogP) is 2.32. The number of aryl methyl sites for hydroxylation is 1. The van der Waals surface area contributed by atoms with Gasteiger partial charge in [0.1, 0.15) is 12.4 Å². The average Bonchev–Trinajstić information content (AvgIpc) is 3.19. The Balaban J connectivity index is 1.42. The fourth-order valence-electron chi connectivity index (χ4n) is 3.64. The third-order valence-corrected chi connectivity index (χ3v) is 5.09. The largest absolute Gasteiger partial charge is 0.494 e. The highest BCUT2D eigenvalue weighted by Crippen LogP contribution is 2.34. The lowest BCUT2D eigenvalue weighted by Crippen LogP contribution is -2.51. The molecule has 2 aliphatic heterocycles. The van der Waals surface area contributed by atoms with E-state index in [9.17, 15) is 0 Å². The molecule has 1 saturated heterocycles. The lowest BCUT2D eigenvalue weighted by Gasteiger charge is -2.40. The zero-order valence-corrected chi connectivity index (χ0v) is 16.3. The Labute approximate surface area is 168 Å². The summed E-state index contributed by atoms with van der Waals surface area (Å²) >= 11 is 0. The molecule has 2 aromatic heterocycles. The van der Waals surface area contributed by atoms with Gasteiger partial charge in [-0.3, -0.25) is 0 Å². The van der Waals surface area contributed by atoms with Gasteiger partial charge in [-0.1, -0.05) is 0 Å². The molecular weight excluding hydrogens is 372 g/mol. The van der Waals surface area contributed by atoms with Gasteiger partial charge in [-0.05, 0) is 19.1 Å². The van der Waals surface area contributed by atoms with Crippen molar-refractivity contribution in [3.63, 3.8) is 0 Å². The van der Waals surface area contributed by atoms with Crippen LogP contribution in [-0.2, 0) is 4.74 Å². The number of benzene rings is 1. The summed E-state index contributed by atoms with van der Waals surface area (Å²) in [4.78, 5) is 15.6. The first-order valence-electron chi connectivity index (χ1n) is 9.51. The summed E-state index contributed by atoms with van der Waals surface area (Å²) in [7, 11) is 1.65. The van der Waals surface area contributed by atoms with Crippen molar-refractivity contribution in [2.45, 2.75) is 13.0 Å². The topological polar surface area (TPSA) is 86.6 Å². The predicted molar refractivity (Wildman–Crippen MR) is 108 cm³/mol. The number of hydrogen-bond donors (Lipinski definition) is 1. The molecule has 3 aromatic rings. The minimum atomic E-state index is 0.192. The minimum Gasteiger partial charge on any atom is -0.494 e. The van der Waals surface area contributed by atoms with Gasteiger partial charge in [-0.25, -0.2) is 9.97 Å². The molecule has 0 spiro atoms. The Hall–Kier alpha value is -3.33. The SMILES string of the molecule is COc1cc(Nc2ncc3c(n2)N2CCOCC2CO3)ccc1-n1cnc(C)c1. The normalized spacial score (nSPS) is 17.9. The molecule has 0 radical (unpaired) electrons. The van der Waals surface area contributed by atoms with Crippen molar-refractivity contribution in [2.75, 3.05) is 43.7 Å². The van der Waals surface area contributed by atoms with Crippen LogP contribution in [-0.4, -0.2) is 59.0 Å². The first-order valence-corrected chi connectivity index (χ1v) is 9.51. The summed E-state index contributed by atoms with van der Waals surface area (Å²) in [5, 5.41) is 3.27. The lowest BCUT2D eigenvalue weighted by atomic mass is 10.2. The second-order valence-corrected chi connectivity index (χ2v) is 7.05. The van der Waals surface area contributed by atoms with E-state index in [1.165, 1.54) is 0 Å². The van der Waals surface area contributed by atoms with Crippen LogP contribution in [0.2, 0.25) is 0 Å². The quantitative estimate of drug-likeness (QED) is 0.722. The minimum absolute atomic E-state index is 0.192. The number of nitrogens with zero attached hydrogens (tertiary/aromatic N) is 5. The Kier molecular flexibility index (Phi) is 4.44. The summed E-state index contributed by atoms with van der Waals surface area (Å²) in [6, 6.07) is 6.05. The van der Waals surface area contributed by atoms with Gasteiger partial charge in [0.2, 0.25) is 5.95 Å². The molecular formula is C20H22N6O3. The zero-order valence-electron chi connectivity index (χ0n) is 16.3. The number of rotatable bonds is 4. The first-order chi connectivity index (χ1) is 14.2. The average molecular weight is 394 g/mol. The lowest BCUT2D eigenvalue weighted by molar-refractivity contribution is 0.0696. The number of methoxy groups -OCH3 is 1. The Morgan fingerprint density at radius 3 is 3.00 bits per heavy atom. The van der Waals surface area contributed by atoms with Crippen molar-refractivity contribution >= 4 is 17.5 Å². The van der Waals surface area contributed by atoms with Crippen LogP contribution in [0.3, 0.4) is 0 Å². The third kappa shape index (κ3) is 3.33. The summed E-state index contributed by atoms with van der Waals surface area (Å²) in [6.07, 6.45) is 5.44. The fourth-order valence-corrected chi connectivity index (χ4v) is 3.64. The number of ether oxygens (including phenoxy) is 3. The number of anilines is 3. The van der Waals surface area contributed by atoms with E-state index >= 15 is 0 Å². The molecule has 0 amide bonds. The summed E-state index contributed by atoms with van der Waals surface area (Å²) in [5.41, 5.74) is 2.69. The maximum atomic E-state index is 5.80. The molecule has 9 heteroatoms. The number of fused-ring (bicyclic) bond motifs is 3. The van der Waals surface area contributed by atoms with Gasteiger partial charge in [0, 0.05) is 24.5 Å². The van der Waals surface area contributed by atoms with E-state index in [0.29, 0.717) is 31.5 Å². The molecule has 9 nitrogen and oxygen atoms in total. The molecule has 1 N–H and O–H groups in total. The van der Waals surface area contributed by atoms with Crippen LogP contribution in [0.1, 0.15) is 5.69 Å². The van der Waals surface area contributed by atoms with Gasteiger partial charge < -0.3 is 29.0 Å². The Morgan fingerprint density at radius 1 is 1.24 bits per heavy atom. The van der Waals surface area contributed by atoms with E-state index in [0.717, 1.165) is 35.2 Å². The highest BCUT2D eigenvalue weighted by atomic mass is 16.5. The number of morpholine rings is 1.